The first-order chi connectivity index (χ1) is 12.5. The Morgan fingerprint density at radius 1 is 1.15 bits per heavy atom. The van der Waals surface area contributed by atoms with Crippen molar-refractivity contribution < 1.29 is 18.4 Å². The highest BCUT2D eigenvalue weighted by Gasteiger charge is 2.36. The van der Waals surface area contributed by atoms with Crippen LogP contribution in [0.1, 0.15) is 18.4 Å². The second kappa shape index (κ2) is 8.81. The van der Waals surface area contributed by atoms with Crippen molar-refractivity contribution in [2.24, 2.45) is 0 Å². The fourth-order valence-electron chi connectivity index (χ4n) is 3.06. The van der Waals surface area contributed by atoms with Gasteiger partial charge in [0.15, 0.2) is 0 Å². The van der Waals surface area contributed by atoms with Crippen LogP contribution in [0.2, 0.25) is 0 Å². The molecule has 2 aromatic carbocycles. The summed E-state index contributed by atoms with van der Waals surface area (Å²) in [5.41, 5.74) is 6.94. The number of carbonyl (C=O) groups is 2. The zero-order valence-corrected chi connectivity index (χ0v) is 15.3. The van der Waals surface area contributed by atoms with Gasteiger partial charge in [-0.15, -0.1) is 12.4 Å². The molecule has 3 N–H and O–H groups in total. The van der Waals surface area contributed by atoms with Crippen LogP contribution in [0.4, 0.5) is 20.2 Å². The molecule has 1 atom stereocenters. The summed E-state index contributed by atoms with van der Waals surface area (Å²) >= 11 is 0. The zero-order valence-electron chi connectivity index (χ0n) is 14.5. The monoisotopic (exact) mass is 395 g/mol. The maximum Gasteiger partial charge on any atom is 0.249 e. The van der Waals surface area contributed by atoms with Crippen LogP contribution in [0, 0.1) is 11.6 Å². The third-order valence-corrected chi connectivity index (χ3v) is 4.42. The first kappa shape index (κ1) is 20.6. The molecule has 144 valence electrons. The van der Waals surface area contributed by atoms with Gasteiger partial charge in [0, 0.05) is 18.7 Å². The Balaban J connectivity index is 0.00000261. The quantitative estimate of drug-likeness (QED) is 0.764. The number of nitrogens with two attached hydrogens (primary N) is 1. The Morgan fingerprint density at radius 3 is 2.48 bits per heavy atom. The number of aryl methyl sites for hydroxylation is 1. The van der Waals surface area contributed by atoms with E-state index >= 15 is 0 Å². The SMILES string of the molecule is Cl.Nc1ccccc1CCC(=O)NC1CCN(c2c(F)cccc2F)C1=O. The van der Waals surface area contributed by atoms with Crippen molar-refractivity contribution >= 4 is 35.6 Å². The number of carbonyl (C=O) groups excluding carboxylic acids is 2. The van der Waals surface area contributed by atoms with Gasteiger partial charge in [-0.25, -0.2) is 8.78 Å². The number of benzene rings is 2. The van der Waals surface area contributed by atoms with Crippen molar-refractivity contribution in [2.45, 2.75) is 25.3 Å². The number of para-hydroxylation sites is 2. The summed E-state index contributed by atoms with van der Waals surface area (Å²) in [5.74, 6) is -2.42. The van der Waals surface area contributed by atoms with Crippen LogP contribution >= 0.6 is 12.4 Å². The number of nitrogens with one attached hydrogen (secondary N) is 1. The van der Waals surface area contributed by atoms with E-state index < -0.39 is 23.6 Å². The predicted molar refractivity (Wildman–Crippen MR) is 102 cm³/mol. The van der Waals surface area contributed by atoms with Crippen LogP contribution in [-0.2, 0) is 16.0 Å². The molecule has 2 amide bonds. The number of nitrogen functional groups attached to an aromatic ring is 1. The Bertz CT molecular complexity index is 827. The summed E-state index contributed by atoms with van der Waals surface area (Å²) in [6.07, 6.45) is 0.920. The standard InChI is InChI=1S/C19H19F2N3O2.ClH/c20-13-5-3-6-14(21)18(13)24-11-10-16(19(24)26)23-17(25)9-8-12-4-1-2-7-15(12)22;/h1-7,16H,8-11,22H2,(H,23,25);1H. The molecular weight excluding hydrogens is 376 g/mol. The van der Waals surface area contributed by atoms with Gasteiger partial charge in [0.05, 0.1) is 0 Å². The molecule has 1 unspecified atom stereocenters. The first-order valence-electron chi connectivity index (χ1n) is 8.35. The molecule has 5 nitrogen and oxygen atoms in total. The fraction of sp³-hybridized carbons (Fsp3) is 0.263. The molecule has 1 saturated heterocycles. The van der Waals surface area contributed by atoms with E-state index in [1.54, 1.807) is 6.07 Å². The summed E-state index contributed by atoms with van der Waals surface area (Å²) in [4.78, 5) is 25.6. The highest BCUT2D eigenvalue weighted by molar-refractivity contribution is 6.01. The van der Waals surface area contributed by atoms with Gasteiger partial charge in [-0.2, -0.15) is 0 Å². The number of halogens is 3. The van der Waals surface area contributed by atoms with Crippen LogP contribution < -0.4 is 16.0 Å². The molecule has 2 aromatic rings. The van der Waals surface area contributed by atoms with E-state index in [2.05, 4.69) is 5.32 Å². The molecular formula is C19H20ClF2N3O2. The number of hydrogen-bond acceptors (Lipinski definition) is 3. The van der Waals surface area contributed by atoms with Gasteiger partial charge in [-0.3, -0.25) is 9.59 Å². The third-order valence-electron chi connectivity index (χ3n) is 4.42. The maximum atomic E-state index is 13.9. The minimum absolute atomic E-state index is 0. The lowest BCUT2D eigenvalue weighted by atomic mass is 10.1. The van der Waals surface area contributed by atoms with E-state index in [4.69, 9.17) is 5.73 Å². The van der Waals surface area contributed by atoms with Crippen molar-refractivity contribution in [1.29, 1.82) is 0 Å². The van der Waals surface area contributed by atoms with Crippen LogP contribution in [0.25, 0.3) is 0 Å². The molecule has 0 radical (unpaired) electrons. The molecule has 1 fully saturated rings. The van der Waals surface area contributed by atoms with Crippen molar-refractivity contribution in [3.8, 4) is 0 Å². The van der Waals surface area contributed by atoms with Crippen molar-refractivity contribution in [3.63, 3.8) is 0 Å². The van der Waals surface area contributed by atoms with Gasteiger partial charge in [0.25, 0.3) is 0 Å². The van der Waals surface area contributed by atoms with Gasteiger partial charge in [0.1, 0.15) is 23.4 Å². The molecule has 0 saturated carbocycles. The third kappa shape index (κ3) is 4.54. The number of amides is 2. The molecule has 0 aliphatic carbocycles. The molecule has 27 heavy (non-hydrogen) atoms. The highest BCUT2D eigenvalue weighted by atomic mass is 35.5. The molecule has 1 aliphatic heterocycles. The summed E-state index contributed by atoms with van der Waals surface area (Å²) in [5, 5.41) is 2.64. The van der Waals surface area contributed by atoms with Gasteiger partial charge in [-0.05, 0) is 36.6 Å². The van der Waals surface area contributed by atoms with Crippen LogP contribution in [-0.4, -0.2) is 24.4 Å². The topological polar surface area (TPSA) is 75.4 Å². The van der Waals surface area contributed by atoms with Crippen molar-refractivity contribution in [2.75, 3.05) is 17.2 Å². The Labute approximate surface area is 161 Å². The van der Waals surface area contributed by atoms with E-state index in [1.807, 2.05) is 18.2 Å². The number of rotatable bonds is 5. The van der Waals surface area contributed by atoms with E-state index in [9.17, 15) is 18.4 Å². The Kier molecular flexibility index (Phi) is 6.74. The summed E-state index contributed by atoms with van der Waals surface area (Å²) < 4.78 is 27.8. The second-order valence-corrected chi connectivity index (χ2v) is 6.17. The molecule has 0 aromatic heterocycles. The predicted octanol–water partition coefficient (Wildman–Crippen LogP) is 2.82. The normalized spacial score (nSPS) is 16.1. The summed E-state index contributed by atoms with van der Waals surface area (Å²) in [7, 11) is 0. The molecule has 1 heterocycles. The van der Waals surface area contributed by atoms with Gasteiger partial charge in [0.2, 0.25) is 11.8 Å². The number of hydrogen-bond donors (Lipinski definition) is 2. The maximum absolute atomic E-state index is 13.9. The summed E-state index contributed by atoms with van der Waals surface area (Å²) in [6, 6.07) is 9.90. The minimum atomic E-state index is -0.801. The smallest absolute Gasteiger partial charge is 0.249 e. The van der Waals surface area contributed by atoms with E-state index in [0.717, 1.165) is 22.6 Å². The lowest BCUT2D eigenvalue weighted by Gasteiger charge is -2.18. The van der Waals surface area contributed by atoms with E-state index in [-0.39, 0.29) is 37.0 Å². The lowest BCUT2D eigenvalue weighted by Crippen LogP contribution is -2.42. The highest BCUT2D eigenvalue weighted by Crippen LogP contribution is 2.27. The van der Waals surface area contributed by atoms with Gasteiger partial charge in [-0.1, -0.05) is 24.3 Å². The molecule has 1 aliphatic rings. The average molecular weight is 396 g/mol. The van der Waals surface area contributed by atoms with E-state index in [0.29, 0.717) is 18.5 Å². The average Bonchev–Trinajstić information content (AvgIpc) is 2.95. The Morgan fingerprint density at radius 2 is 1.81 bits per heavy atom. The van der Waals surface area contributed by atoms with Crippen molar-refractivity contribution in [1.82, 2.24) is 5.32 Å². The molecule has 8 heteroatoms. The van der Waals surface area contributed by atoms with Gasteiger partial charge < -0.3 is 16.0 Å². The first-order valence-corrected chi connectivity index (χ1v) is 8.35. The number of nitrogens with zero attached hydrogens (tertiary/aromatic N) is 1. The fourth-order valence-corrected chi connectivity index (χ4v) is 3.06. The molecule has 0 bridgehead atoms. The summed E-state index contributed by atoms with van der Waals surface area (Å²) in [6.45, 7) is 0.146. The van der Waals surface area contributed by atoms with Gasteiger partial charge >= 0.3 is 0 Å². The van der Waals surface area contributed by atoms with E-state index in [1.165, 1.54) is 6.07 Å². The minimum Gasteiger partial charge on any atom is -0.399 e. The molecule has 0 spiro atoms. The van der Waals surface area contributed by atoms with Crippen LogP contribution in [0.15, 0.2) is 42.5 Å². The van der Waals surface area contributed by atoms with Crippen molar-refractivity contribution in [3.05, 3.63) is 59.7 Å². The Hall–Kier alpha value is -2.67. The lowest BCUT2D eigenvalue weighted by molar-refractivity contribution is -0.126. The second-order valence-electron chi connectivity index (χ2n) is 6.17. The van der Waals surface area contributed by atoms with Crippen LogP contribution in [0.3, 0.4) is 0 Å². The van der Waals surface area contributed by atoms with Crippen LogP contribution in [0.5, 0.6) is 0 Å². The zero-order chi connectivity index (χ0) is 18.7. The largest absolute Gasteiger partial charge is 0.399 e. The number of anilines is 2. The molecule has 3 rings (SSSR count).